The molecule has 5 nitrogen and oxygen atoms in total. The summed E-state index contributed by atoms with van der Waals surface area (Å²) in [6, 6.07) is 2.77. The van der Waals surface area contributed by atoms with Gasteiger partial charge in [-0.2, -0.15) is 5.26 Å². The maximum atomic E-state index is 12.7. The first kappa shape index (κ1) is 14.8. The lowest BCUT2D eigenvalue weighted by atomic mass is 10.1. The molecule has 1 rings (SSSR count). The molecule has 0 bridgehead atoms. The third kappa shape index (κ3) is 3.61. The van der Waals surface area contributed by atoms with E-state index in [0.29, 0.717) is 0 Å². The zero-order valence-electron chi connectivity index (χ0n) is 10.4. The van der Waals surface area contributed by atoms with E-state index in [0.717, 1.165) is 6.07 Å². The van der Waals surface area contributed by atoms with Gasteiger partial charge in [-0.15, -0.1) is 0 Å². The van der Waals surface area contributed by atoms with E-state index in [1.807, 2.05) is 0 Å². The Morgan fingerprint density at radius 2 is 2.26 bits per heavy atom. The summed E-state index contributed by atoms with van der Waals surface area (Å²) in [4.78, 5) is 15.0. The Morgan fingerprint density at radius 3 is 2.74 bits per heavy atom. The summed E-state index contributed by atoms with van der Waals surface area (Å²) in [5.74, 6) is -0.674. The lowest BCUT2D eigenvalue weighted by Gasteiger charge is -2.10. The molecule has 1 aromatic rings. The Balaban J connectivity index is 3.23. The van der Waals surface area contributed by atoms with Crippen molar-refractivity contribution in [3.05, 3.63) is 23.0 Å². The SMILES string of the molecule is CCOC(=O)Cc1nc(C(F)F)cc(OC)c1C#N. The van der Waals surface area contributed by atoms with E-state index >= 15 is 0 Å². The van der Waals surface area contributed by atoms with Crippen molar-refractivity contribution in [2.24, 2.45) is 0 Å². The largest absolute Gasteiger partial charge is 0.495 e. The Morgan fingerprint density at radius 1 is 1.58 bits per heavy atom. The van der Waals surface area contributed by atoms with Crippen LogP contribution in [0, 0.1) is 11.3 Å². The number of carbonyl (C=O) groups excluding carboxylic acids is 1. The van der Waals surface area contributed by atoms with Crippen LogP contribution in [0.1, 0.15) is 30.3 Å². The van der Waals surface area contributed by atoms with Crippen molar-refractivity contribution in [2.45, 2.75) is 19.8 Å². The minimum atomic E-state index is -2.82. The predicted molar refractivity (Wildman–Crippen MR) is 60.8 cm³/mol. The summed E-state index contributed by atoms with van der Waals surface area (Å²) < 4.78 is 34.9. The van der Waals surface area contributed by atoms with Crippen molar-refractivity contribution < 1.29 is 23.0 Å². The molecule has 1 heterocycles. The number of ether oxygens (including phenoxy) is 2. The summed E-state index contributed by atoms with van der Waals surface area (Å²) >= 11 is 0. The molecule has 0 aliphatic carbocycles. The number of rotatable bonds is 5. The van der Waals surface area contributed by atoms with Crippen molar-refractivity contribution >= 4 is 5.97 Å². The number of pyridine rings is 1. The summed E-state index contributed by atoms with van der Waals surface area (Å²) in [7, 11) is 1.25. The predicted octanol–water partition coefficient (Wildman–Crippen LogP) is 2.01. The van der Waals surface area contributed by atoms with E-state index < -0.39 is 18.1 Å². The van der Waals surface area contributed by atoms with E-state index in [9.17, 15) is 13.6 Å². The van der Waals surface area contributed by atoms with Gasteiger partial charge in [0, 0.05) is 6.07 Å². The zero-order chi connectivity index (χ0) is 14.4. The molecule has 0 spiro atoms. The quantitative estimate of drug-likeness (QED) is 0.765. The first-order chi connectivity index (χ1) is 9.03. The van der Waals surface area contributed by atoms with Crippen LogP contribution in [0.3, 0.4) is 0 Å². The fraction of sp³-hybridized carbons (Fsp3) is 0.417. The molecule has 1 aromatic heterocycles. The molecule has 0 aliphatic heterocycles. The summed E-state index contributed by atoms with van der Waals surface area (Å²) in [5.41, 5.74) is -0.661. The summed E-state index contributed by atoms with van der Waals surface area (Å²) in [5, 5.41) is 8.99. The van der Waals surface area contributed by atoms with Crippen LogP contribution in [0.4, 0.5) is 8.78 Å². The maximum Gasteiger partial charge on any atom is 0.311 e. The average molecular weight is 270 g/mol. The number of hydrogen-bond donors (Lipinski definition) is 0. The molecule has 0 aliphatic rings. The Labute approximate surface area is 108 Å². The fourth-order valence-corrected chi connectivity index (χ4v) is 1.46. The number of methoxy groups -OCH3 is 1. The standard InChI is InChI=1S/C12H12F2N2O3/c1-3-19-11(17)5-8-7(6-15)10(18-2)4-9(16-8)12(13)14/h4,12H,3,5H2,1-2H3. The van der Waals surface area contributed by atoms with Crippen molar-refractivity contribution in [1.29, 1.82) is 5.26 Å². The lowest BCUT2D eigenvalue weighted by molar-refractivity contribution is -0.142. The third-order valence-electron chi connectivity index (χ3n) is 2.25. The van der Waals surface area contributed by atoms with E-state index in [4.69, 9.17) is 14.7 Å². The van der Waals surface area contributed by atoms with Crippen LogP contribution in [0.5, 0.6) is 5.75 Å². The zero-order valence-corrected chi connectivity index (χ0v) is 10.4. The average Bonchev–Trinajstić information content (AvgIpc) is 2.37. The van der Waals surface area contributed by atoms with Gasteiger partial charge in [0.15, 0.2) is 0 Å². The van der Waals surface area contributed by atoms with Gasteiger partial charge >= 0.3 is 5.97 Å². The Bertz CT molecular complexity index is 512. The van der Waals surface area contributed by atoms with E-state index in [1.165, 1.54) is 7.11 Å². The smallest absolute Gasteiger partial charge is 0.311 e. The first-order valence-electron chi connectivity index (χ1n) is 5.45. The molecule has 0 unspecified atom stereocenters. The van der Waals surface area contributed by atoms with Gasteiger partial charge in [0.1, 0.15) is 23.1 Å². The topological polar surface area (TPSA) is 72.2 Å². The number of alkyl halides is 2. The van der Waals surface area contributed by atoms with Crippen LogP contribution in [0.15, 0.2) is 6.07 Å². The molecule has 0 saturated carbocycles. The normalized spacial score (nSPS) is 10.1. The van der Waals surface area contributed by atoms with Gasteiger partial charge in [0.25, 0.3) is 6.43 Å². The van der Waals surface area contributed by atoms with Gasteiger partial charge in [-0.25, -0.2) is 13.8 Å². The van der Waals surface area contributed by atoms with Crippen LogP contribution in [0.2, 0.25) is 0 Å². The number of nitrogens with zero attached hydrogens (tertiary/aromatic N) is 2. The highest BCUT2D eigenvalue weighted by atomic mass is 19.3. The van der Waals surface area contributed by atoms with Crippen molar-refractivity contribution in [3.63, 3.8) is 0 Å². The molecule has 0 atom stereocenters. The molecule has 0 fully saturated rings. The first-order valence-corrected chi connectivity index (χ1v) is 5.45. The van der Waals surface area contributed by atoms with Gasteiger partial charge in [-0.3, -0.25) is 4.79 Å². The minimum absolute atomic E-state index is 0.0351. The van der Waals surface area contributed by atoms with E-state index in [2.05, 4.69) is 4.98 Å². The Kier molecular flexibility index (Phi) is 5.18. The molecule has 7 heteroatoms. The second kappa shape index (κ2) is 6.64. The van der Waals surface area contributed by atoms with Crippen LogP contribution in [-0.2, 0) is 16.0 Å². The highest BCUT2D eigenvalue weighted by molar-refractivity contribution is 5.73. The summed E-state index contributed by atoms with van der Waals surface area (Å²) in [6.45, 7) is 1.78. The third-order valence-corrected chi connectivity index (χ3v) is 2.25. The Hall–Kier alpha value is -2.23. The van der Waals surface area contributed by atoms with Crippen molar-refractivity contribution in [2.75, 3.05) is 13.7 Å². The molecule has 19 heavy (non-hydrogen) atoms. The lowest BCUT2D eigenvalue weighted by Crippen LogP contribution is -2.12. The second-order valence-corrected chi connectivity index (χ2v) is 3.47. The van der Waals surface area contributed by atoms with Gasteiger partial charge in [0.05, 0.1) is 25.8 Å². The highest BCUT2D eigenvalue weighted by Crippen LogP contribution is 2.27. The number of esters is 1. The molecule has 0 amide bonds. The van der Waals surface area contributed by atoms with E-state index in [1.54, 1.807) is 13.0 Å². The van der Waals surface area contributed by atoms with Gasteiger partial charge in [-0.1, -0.05) is 0 Å². The van der Waals surface area contributed by atoms with Crippen LogP contribution in [-0.4, -0.2) is 24.7 Å². The van der Waals surface area contributed by atoms with Crippen LogP contribution in [0.25, 0.3) is 0 Å². The minimum Gasteiger partial charge on any atom is -0.495 e. The maximum absolute atomic E-state index is 12.7. The molecular weight excluding hydrogens is 258 g/mol. The van der Waals surface area contributed by atoms with Crippen LogP contribution < -0.4 is 4.74 Å². The van der Waals surface area contributed by atoms with Crippen molar-refractivity contribution in [3.8, 4) is 11.8 Å². The van der Waals surface area contributed by atoms with Gasteiger partial charge < -0.3 is 9.47 Å². The molecule has 102 valence electrons. The fourth-order valence-electron chi connectivity index (χ4n) is 1.46. The van der Waals surface area contributed by atoms with Crippen LogP contribution >= 0.6 is 0 Å². The number of nitriles is 1. The summed E-state index contributed by atoms with van der Waals surface area (Å²) in [6.07, 6.45) is -3.17. The van der Waals surface area contributed by atoms with E-state index in [-0.39, 0.29) is 30.0 Å². The number of halogens is 2. The van der Waals surface area contributed by atoms with Gasteiger partial charge in [0.2, 0.25) is 0 Å². The highest BCUT2D eigenvalue weighted by Gasteiger charge is 2.20. The number of carbonyl (C=O) groups is 1. The molecular formula is C12H12F2N2O3. The molecule has 0 aromatic carbocycles. The number of hydrogen-bond acceptors (Lipinski definition) is 5. The van der Waals surface area contributed by atoms with Gasteiger partial charge in [-0.05, 0) is 6.92 Å². The molecule has 0 radical (unpaired) electrons. The monoisotopic (exact) mass is 270 g/mol. The number of aromatic nitrogens is 1. The molecule has 0 saturated heterocycles. The van der Waals surface area contributed by atoms with Crippen molar-refractivity contribution in [1.82, 2.24) is 4.98 Å². The second-order valence-electron chi connectivity index (χ2n) is 3.47. The molecule has 0 N–H and O–H groups in total.